The van der Waals surface area contributed by atoms with Gasteiger partial charge in [-0.2, -0.15) is 0 Å². The van der Waals surface area contributed by atoms with Crippen LogP contribution in [0.1, 0.15) is 64.7 Å². The minimum Gasteiger partial charge on any atom is -0.468 e. The first-order chi connectivity index (χ1) is 10.1. The summed E-state index contributed by atoms with van der Waals surface area (Å²) in [6, 6.07) is 1.22. The van der Waals surface area contributed by atoms with Crippen LogP contribution in [0.25, 0.3) is 0 Å². The summed E-state index contributed by atoms with van der Waals surface area (Å²) in [4.78, 5) is 14.8. The molecule has 0 aromatic carbocycles. The summed E-state index contributed by atoms with van der Waals surface area (Å²) in [7, 11) is 3.77. The molecule has 2 aliphatic rings. The molecule has 0 radical (unpaired) electrons. The first kappa shape index (κ1) is 16.8. The maximum absolute atomic E-state index is 12.3. The smallest absolute Gasteiger partial charge is 0.326 e. The van der Waals surface area contributed by atoms with Crippen molar-refractivity contribution in [1.29, 1.82) is 0 Å². The minimum absolute atomic E-state index is 0.0736. The molecule has 2 saturated carbocycles. The standard InChI is InChI=1S/C17H32N2O2/c1-4-12-18-17(16(20)21-3)11-10-15(13-17)19(2)14-8-6-5-7-9-14/h14-15,18H,4-13H2,1-3H3. The van der Waals surface area contributed by atoms with E-state index in [0.29, 0.717) is 12.1 Å². The summed E-state index contributed by atoms with van der Waals surface area (Å²) in [6.07, 6.45) is 10.7. The van der Waals surface area contributed by atoms with Crippen molar-refractivity contribution in [2.75, 3.05) is 20.7 Å². The first-order valence-electron chi connectivity index (χ1n) is 8.68. The average molecular weight is 296 g/mol. The van der Waals surface area contributed by atoms with Crippen molar-refractivity contribution in [1.82, 2.24) is 10.2 Å². The molecule has 122 valence electrons. The van der Waals surface area contributed by atoms with Crippen LogP contribution in [-0.4, -0.2) is 49.2 Å². The van der Waals surface area contributed by atoms with Crippen molar-refractivity contribution in [2.45, 2.75) is 82.3 Å². The Morgan fingerprint density at radius 2 is 1.95 bits per heavy atom. The second-order valence-corrected chi connectivity index (χ2v) is 6.85. The third-order valence-corrected chi connectivity index (χ3v) is 5.50. The van der Waals surface area contributed by atoms with Crippen molar-refractivity contribution < 1.29 is 9.53 Å². The molecule has 0 saturated heterocycles. The van der Waals surface area contributed by atoms with Crippen LogP contribution in [0.15, 0.2) is 0 Å². The lowest BCUT2D eigenvalue weighted by molar-refractivity contribution is -0.148. The molecule has 4 nitrogen and oxygen atoms in total. The topological polar surface area (TPSA) is 41.6 Å². The number of hydrogen-bond acceptors (Lipinski definition) is 4. The number of methoxy groups -OCH3 is 1. The summed E-state index contributed by atoms with van der Waals surface area (Å²) < 4.78 is 5.09. The Hall–Kier alpha value is -0.610. The Morgan fingerprint density at radius 1 is 1.24 bits per heavy atom. The molecule has 1 N–H and O–H groups in total. The second kappa shape index (κ2) is 7.59. The van der Waals surface area contributed by atoms with E-state index in [9.17, 15) is 4.79 Å². The number of rotatable bonds is 6. The van der Waals surface area contributed by atoms with E-state index in [1.54, 1.807) is 0 Å². The number of carbonyl (C=O) groups is 1. The SMILES string of the molecule is CCCNC1(C(=O)OC)CCC(N(C)C2CCCCC2)C1. The van der Waals surface area contributed by atoms with Gasteiger partial charge in [-0.3, -0.25) is 4.79 Å². The van der Waals surface area contributed by atoms with E-state index in [2.05, 4.69) is 24.2 Å². The van der Waals surface area contributed by atoms with Crippen LogP contribution in [0, 0.1) is 0 Å². The summed E-state index contributed by atoms with van der Waals surface area (Å²) in [5, 5.41) is 3.48. The maximum Gasteiger partial charge on any atom is 0.326 e. The highest BCUT2D eigenvalue weighted by Gasteiger charge is 2.47. The van der Waals surface area contributed by atoms with Crippen LogP contribution in [0.5, 0.6) is 0 Å². The lowest BCUT2D eigenvalue weighted by Gasteiger charge is -2.36. The molecule has 0 aliphatic heterocycles. The van der Waals surface area contributed by atoms with Crippen LogP contribution in [-0.2, 0) is 9.53 Å². The van der Waals surface area contributed by atoms with Gasteiger partial charge < -0.3 is 15.0 Å². The molecule has 2 atom stereocenters. The van der Waals surface area contributed by atoms with Crippen molar-refractivity contribution in [3.63, 3.8) is 0 Å². The summed E-state index contributed by atoms with van der Waals surface area (Å²) >= 11 is 0. The molecule has 4 heteroatoms. The zero-order valence-electron chi connectivity index (χ0n) is 14.0. The van der Waals surface area contributed by atoms with Crippen molar-refractivity contribution >= 4 is 5.97 Å². The van der Waals surface area contributed by atoms with Crippen LogP contribution in [0.3, 0.4) is 0 Å². The van der Waals surface area contributed by atoms with Crippen LogP contribution in [0.4, 0.5) is 0 Å². The predicted octanol–water partition coefficient (Wildman–Crippen LogP) is 2.71. The van der Waals surface area contributed by atoms with E-state index in [4.69, 9.17) is 4.74 Å². The third kappa shape index (κ3) is 3.78. The number of ether oxygens (including phenoxy) is 1. The second-order valence-electron chi connectivity index (χ2n) is 6.85. The molecular weight excluding hydrogens is 264 g/mol. The van der Waals surface area contributed by atoms with Gasteiger partial charge >= 0.3 is 5.97 Å². The quantitative estimate of drug-likeness (QED) is 0.765. The first-order valence-corrected chi connectivity index (χ1v) is 8.68. The Kier molecular flexibility index (Phi) is 6.06. The molecule has 0 heterocycles. The largest absolute Gasteiger partial charge is 0.468 e. The van der Waals surface area contributed by atoms with Gasteiger partial charge in [-0.15, -0.1) is 0 Å². The Labute approximate surface area is 129 Å². The highest BCUT2D eigenvalue weighted by atomic mass is 16.5. The van der Waals surface area contributed by atoms with Gasteiger partial charge in [0.05, 0.1) is 7.11 Å². The normalized spacial score (nSPS) is 30.8. The summed E-state index contributed by atoms with van der Waals surface area (Å²) in [5.41, 5.74) is -0.446. The molecule has 0 bridgehead atoms. The Balaban J connectivity index is 1.99. The Morgan fingerprint density at radius 3 is 2.57 bits per heavy atom. The van der Waals surface area contributed by atoms with E-state index < -0.39 is 5.54 Å². The van der Waals surface area contributed by atoms with Crippen molar-refractivity contribution in [3.05, 3.63) is 0 Å². The number of esters is 1. The van der Waals surface area contributed by atoms with Gasteiger partial charge in [0.1, 0.15) is 5.54 Å². The molecular formula is C17H32N2O2. The minimum atomic E-state index is -0.446. The molecule has 0 amide bonds. The number of nitrogens with one attached hydrogen (secondary N) is 1. The van der Waals surface area contributed by atoms with Crippen molar-refractivity contribution in [2.24, 2.45) is 0 Å². The highest BCUT2D eigenvalue weighted by molar-refractivity contribution is 5.81. The fraction of sp³-hybridized carbons (Fsp3) is 0.941. The number of carbonyl (C=O) groups excluding carboxylic acids is 1. The van der Waals surface area contributed by atoms with Crippen LogP contribution in [0.2, 0.25) is 0 Å². The molecule has 21 heavy (non-hydrogen) atoms. The monoisotopic (exact) mass is 296 g/mol. The molecule has 0 spiro atoms. The molecule has 2 unspecified atom stereocenters. The van der Waals surface area contributed by atoms with E-state index in [1.807, 2.05) is 0 Å². The van der Waals surface area contributed by atoms with Crippen LogP contribution >= 0.6 is 0 Å². The summed E-state index contributed by atoms with van der Waals surface area (Å²) in [5.74, 6) is -0.0736. The lowest BCUT2D eigenvalue weighted by atomic mass is 9.92. The van der Waals surface area contributed by atoms with E-state index in [-0.39, 0.29) is 5.97 Å². The van der Waals surface area contributed by atoms with Gasteiger partial charge in [-0.1, -0.05) is 26.2 Å². The molecule has 2 aliphatic carbocycles. The van der Waals surface area contributed by atoms with Gasteiger partial charge in [0, 0.05) is 12.1 Å². The average Bonchev–Trinajstić information content (AvgIpc) is 2.98. The summed E-state index contributed by atoms with van der Waals surface area (Å²) in [6.45, 7) is 3.02. The molecule has 0 aromatic heterocycles. The fourth-order valence-electron chi connectivity index (χ4n) is 4.13. The predicted molar refractivity (Wildman–Crippen MR) is 85.3 cm³/mol. The van der Waals surface area contributed by atoms with Gasteiger partial charge in [0.2, 0.25) is 0 Å². The zero-order valence-corrected chi connectivity index (χ0v) is 14.0. The molecule has 2 rings (SSSR count). The van der Waals surface area contributed by atoms with E-state index in [1.165, 1.54) is 39.2 Å². The lowest BCUT2D eigenvalue weighted by Crippen LogP contribution is -2.52. The maximum atomic E-state index is 12.3. The van der Waals surface area contributed by atoms with Gasteiger partial charge in [-0.25, -0.2) is 0 Å². The van der Waals surface area contributed by atoms with E-state index in [0.717, 1.165) is 32.2 Å². The molecule has 2 fully saturated rings. The van der Waals surface area contributed by atoms with Gasteiger partial charge in [-0.05, 0) is 52.1 Å². The number of hydrogen-bond donors (Lipinski definition) is 1. The zero-order chi connectivity index (χ0) is 15.3. The van der Waals surface area contributed by atoms with E-state index >= 15 is 0 Å². The van der Waals surface area contributed by atoms with Gasteiger partial charge in [0.15, 0.2) is 0 Å². The van der Waals surface area contributed by atoms with Crippen molar-refractivity contribution in [3.8, 4) is 0 Å². The fourth-order valence-corrected chi connectivity index (χ4v) is 4.13. The molecule has 0 aromatic rings. The number of nitrogens with zero attached hydrogens (tertiary/aromatic N) is 1. The van der Waals surface area contributed by atoms with Gasteiger partial charge in [0.25, 0.3) is 0 Å². The Bertz CT molecular complexity index is 342. The highest BCUT2D eigenvalue weighted by Crippen LogP contribution is 2.36. The third-order valence-electron chi connectivity index (χ3n) is 5.50. The van der Waals surface area contributed by atoms with Crippen LogP contribution < -0.4 is 5.32 Å².